The fraction of sp³-hybridized carbons (Fsp3) is 0.400. The Balaban J connectivity index is 2.39. The van der Waals surface area contributed by atoms with E-state index in [1.165, 1.54) is 5.56 Å². The second-order valence-electron chi connectivity index (χ2n) is 6.52. The van der Waals surface area contributed by atoms with Gasteiger partial charge in [0.2, 0.25) is 0 Å². The van der Waals surface area contributed by atoms with Crippen molar-refractivity contribution in [1.82, 2.24) is 0 Å². The number of benzene rings is 2. The SMILES string of the molecule is CCOP(=O)(O)c1cc(-c2ccc(C)cc2)ccc1OCCC(C)C. The van der Waals surface area contributed by atoms with Crippen LogP contribution in [0.5, 0.6) is 5.75 Å². The first-order valence-electron chi connectivity index (χ1n) is 8.65. The maximum atomic E-state index is 12.6. The molecular formula is C20H27O4P. The van der Waals surface area contributed by atoms with Gasteiger partial charge >= 0.3 is 7.60 Å². The van der Waals surface area contributed by atoms with E-state index in [0.29, 0.717) is 18.3 Å². The third-order valence-corrected chi connectivity index (χ3v) is 5.47. The Morgan fingerprint density at radius 2 is 1.72 bits per heavy atom. The zero-order valence-electron chi connectivity index (χ0n) is 15.4. The first-order chi connectivity index (χ1) is 11.8. The third-order valence-electron chi connectivity index (χ3n) is 3.91. The molecule has 0 heterocycles. The van der Waals surface area contributed by atoms with Gasteiger partial charge in [-0.3, -0.25) is 4.57 Å². The predicted octanol–water partition coefficient (Wildman–Crippen LogP) is 4.93. The lowest BCUT2D eigenvalue weighted by atomic mass is 10.0. The summed E-state index contributed by atoms with van der Waals surface area (Å²) in [6.07, 6.45) is 0.878. The molecule has 1 unspecified atom stereocenters. The lowest BCUT2D eigenvalue weighted by molar-refractivity contribution is 0.276. The van der Waals surface area contributed by atoms with Crippen molar-refractivity contribution in [2.75, 3.05) is 13.2 Å². The van der Waals surface area contributed by atoms with Crippen LogP contribution < -0.4 is 10.0 Å². The van der Waals surface area contributed by atoms with E-state index in [4.69, 9.17) is 9.26 Å². The number of aryl methyl sites for hydroxylation is 1. The molecule has 1 atom stereocenters. The fourth-order valence-electron chi connectivity index (χ4n) is 2.43. The predicted molar refractivity (Wildman–Crippen MR) is 103 cm³/mol. The molecule has 0 spiro atoms. The van der Waals surface area contributed by atoms with E-state index in [1.807, 2.05) is 37.3 Å². The van der Waals surface area contributed by atoms with Crippen LogP contribution >= 0.6 is 7.60 Å². The molecule has 0 radical (unpaired) electrons. The summed E-state index contributed by atoms with van der Waals surface area (Å²) in [5.74, 6) is 0.916. The summed E-state index contributed by atoms with van der Waals surface area (Å²) in [5, 5.41) is 0.219. The Hall–Kier alpha value is -1.61. The van der Waals surface area contributed by atoms with Gasteiger partial charge in [0.15, 0.2) is 0 Å². The Labute approximate surface area is 150 Å². The van der Waals surface area contributed by atoms with Crippen molar-refractivity contribution in [3.63, 3.8) is 0 Å². The largest absolute Gasteiger partial charge is 0.493 e. The van der Waals surface area contributed by atoms with Gasteiger partial charge in [0.1, 0.15) is 11.1 Å². The van der Waals surface area contributed by atoms with Gasteiger partial charge in [-0.25, -0.2) is 0 Å². The molecule has 0 fully saturated rings. The van der Waals surface area contributed by atoms with Gasteiger partial charge < -0.3 is 14.2 Å². The maximum Gasteiger partial charge on any atom is 0.362 e. The monoisotopic (exact) mass is 362 g/mol. The molecule has 1 N–H and O–H groups in total. The average molecular weight is 362 g/mol. The number of rotatable bonds is 8. The Morgan fingerprint density at radius 3 is 2.32 bits per heavy atom. The van der Waals surface area contributed by atoms with Crippen LogP contribution in [0.25, 0.3) is 11.1 Å². The van der Waals surface area contributed by atoms with Crippen molar-refractivity contribution in [3.8, 4) is 16.9 Å². The van der Waals surface area contributed by atoms with E-state index < -0.39 is 7.60 Å². The van der Waals surface area contributed by atoms with Gasteiger partial charge in [-0.15, -0.1) is 0 Å². The molecule has 2 aromatic rings. The first kappa shape index (κ1) is 19.7. The van der Waals surface area contributed by atoms with E-state index >= 15 is 0 Å². The first-order valence-corrected chi connectivity index (χ1v) is 10.2. The zero-order chi connectivity index (χ0) is 18.4. The average Bonchev–Trinajstić information content (AvgIpc) is 2.55. The molecule has 4 nitrogen and oxygen atoms in total. The van der Waals surface area contributed by atoms with E-state index in [9.17, 15) is 9.46 Å². The second kappa shape index (κ2) is 8.66. The van der Waals surface area contributed by atoms with Crippen LogP contribution in [0.2, 0.25) is 0 Å². The lowest BCUT2D eigenvalue weighted by Gasteiger charge is -2.18. The van der Waals surface area contributed by atoms with Gasteiger partial charge in [-0.2, -0.15) is 0 Å². The van der Waals surface area contributed by atoms with E-state index in [-0.39, 0.29) is 11.9 Å². The third kappa shape index (κ3) is 5.43. The minimum atomic E-state index is -3.93. The molecule has 25 heavy (non-hydrogen) atoms. The minimum Gasteiger partial charge on any atom is -0.493 e. The lowest BCUT2D eigenvalue weighted by Crippen LogP contribution is -2.14. The van der Waals surface area contributed by atoms with Gasteiger partial charge in [0, 0.05) is 0 Å². The van der Waals surface area contributed by atoms with Crippen LogP contribution in [0.1, 0.15) is 32.8 Å². The molecule has 0 aliphatic heterocycles. The molecule has 0 aromatic heterocycles. The molecule has 0 aliphatic carbocycles. The van der Waals surface area contributed by atoms with Crippen molar-refractivity contribution in [2.45, 2.75) is 34.1 Å². The Kier molecular flexibility index (Phi) is 6.83. The summed E-state index contributed by atoms with van der Waals surface area (Å²) in [6, 6.07) is 13.4. The van der Waals surface area contributed by atoms with Crippen molar-refractivity contribution in [3.05, 3.63) is 48.0 Å². The van der Waals surface area contributed by atoms with E-state index in [2.05, 4.69) is 13.8 Å². The molecule has 0 amide bonds. The summed E-state index contributed by atoms with van der Waals surface area (Å²) >= 11 is 0. The van der Waals surface area contributed by atoms with Crippen molar-refractivity contribution >= 4 is 12.9 Å². The molecule has 2 rings (SSSR count). The van der Waals surface area contributed by atoms with Crippen LogP contribution in [0.3, 0.4) is 0 Å². The summed E-state index contributed by atoms with van der Waals surface area (Å²) in [5.41, 5.74) is 3.01. The Morgan fingerprint density at radius 1 is 1.08 bits per heavy atom. The summed E-state index contributed by atoms with van der Waals surface area (Å²) in [4.78, 5) is 10.3. The smallest absolute Gasteiger partial charge is 0.362 e. The number of ether oxygens (including phenoxy) is 1. The van der Waals surface area contributed by atoms with Crippen molar-refractivity contribution in [1.29, 1.82) is 0 Å². The highest BCUT2D eigenvalue weighted by Gasteiger charge is 2.27. The number of hydrogen-bond donors (Lipinski definition) is 1. The standard InChI is InChI=1S/C20H27O4P/c1-5-24-25(21,22)20-14-18(17-8-6-16(4)7-9-17)10-11-19(20)23-13-12-15(2)3/h6-11,14-15H,5,12-13H2,1-4H3,(H,21,22). The van der Waals surface area contributed by atoms with Crippen molar-refractivity contribution in [2.24, 2.45) is 5.92 Å². The Bertz CT molecular complexity index is 738. The van der Waals surface area contributed by atoms with E-state index in [0.717, 1.165) is 17.5 Å². The van der Waals surface area contributed by atoms with Gasteiger partial charge in [-0.05, 0) is 49.4 Å². The minimum absolute atomic E-state index is 0.161. The molecule has 0 saturated carbocycles. The van der Waals surface area contributed by atoms with Gasteiger partial charge in [0.25, 0.3) is 0 Å². The molecular weight excluding hydrogens is 335 g/mol. The quantitative estimate of drug-likeness (QED) is 0.676. The molecule has 0 aliphatic rings. The molecule has 136 valence electrons. The summed E-state index contributed by atoms with van der Waals surface area (Å²) in [6.45, 7) is 8.61. The molecule has 0 bridgehead atoms. The number of hydrogen-bond acceptors (Lipinski definition) is 3. The van der Waals surface area contributed by atoms with Crippen LogP contribution in [-0.4, -0.2) is 18.1 Å². The van der Waals surface area contributed by atoms with Crippen molar-refractivity contribution < 1.29 is 18.7 Å². The van der Waals surface area contributed by atoms with E-state index in [1.54, 1.807) is 19.1 Å². The van der Waals surface area contributed by atoms with Gasteiger partial charge in [0.05, 0.1) is 13.2 Å². The van der Waals surface area contributed by atoms with Gasteiger partial charge in [-0.1, -0.05) is 49.7 Å². The highest BCUT2D eigenvalue weighted by Crippen LogP contribution is 2.44. The highest BCUT2D eigenvalue weighted by atomic mass is 31.2. The topological polar surface area (TPSA) is 55.8 Å². The molecule has 0 saturated heterocycles. The summed E-state index contributed by atoms with van der Waals surface area (Å²) < 4.78 is 23.5. The molecule has 2 aromatic carbocycles. The van der Waals surface area contributed by atoms with Crippen LogP contribution in [0.4, 0.5) is 0 Å². The summed E-state index contributed by atoms with van der Waals surface area (Å²) in [7, 11) is -3.93. The molecule has 5 heteroatoms. The van der Waals surface area contributed by atoms with Crippen LogP contribution in [0, 0.1) is 12.8 Å². The maximum absolute atomic E-state index is 12.6. The van der Waals surface area contributed by atoms with Crippen LogP contribution in [0.15, 0.2) is 42.5 Å². The highest BCUT2D eigenvalue weighted by molar-refractivity contribution is 7.61. The normalized spacial score (nSPS) is 13.7. The fourth-order valence-corrected chi connectivity index (χ4v) is 3.64. The zero-order valence-corrected chi connectivity index (χ0v) is 16.3. The van der Waals surface area contributed by atoms with Crippen LogP contribution in [-0.2, 0) is 9.09 Å². The second-order valence-corrected chi connectivity index (χ2v) is 8.30.